The summed E-state index contributed by atoms with van der Waals surface area (Å²) in [4.78, 5) is 45.1. The lowest BCUT2D eigenvalue weighted by atomic mass is 10.0. The number of ether oxygens (including phenoxy) is 4. The van der Waals surface area contributed by atoms with Crippen molar-refractivity contribution in [1.82, 2.24) is 0 Å². The molecule has 0 saturated carbocycles. The van der Waals surface area contributed by atoms with Crippen LogP contribution >= 0.6 is 0 Å². The van der Waals surface area contributed by atoms with Crippen LogP contribution in [0.15, 0.2) is 0 Å². The molecule has 0 heterocycles. The maximum Gasteiger partial charge on any atom is 0.303 e. The molecule has 0 aromatic carbocycles. The van der Waals surface area contributed by atoms with Crippen molar-refractivity contribution in [3.8, 4) is 0 Å². The summed E-state index contributed by atoms with van der Waals surface area (Å²) in [6.45, 7) is 3.35. The number of esters is 4. The molecule has 0 bridgehead atoms. The Morgan fingerprint density at radius 3 is 1.38 bits per heavy atom. The smallest absolute Gasteiger partial charge is 0.303 e. The van der Waals surface area contributed by atoms with Crippen LogP contribution < -0.4 is 5.73 Å². The van der Waals surface area contributed by atoms with Crippen molar-refractivity contribution < 1.29 is 43.2 Å². The third kappa shape index (κ3) is 7.88. The Hall–Kier alpha value is -2.20. The molecule has 0 unspecified atom stereocenters. The van der Waals surface area contributed by atoms with Gasteiger partial charge in [0, 0.05) is 34.2 Å². The molecule has 0 fully saturated rings. The topological polar surface area (TPSA) is 151 Å². The van der Waals surface area contributed by atoms with E-state index in [1.165, 1.54) is 0 Å². The van der Waals surface area contributed by atoms with Crippen LogP contribution in [0.5, 0.6) is 0 Å². The van der Waals surface area contributed by atoms with Crippen LogP contribution in [-0.4, -0.2) is 66.6 Å². The van der Waals surface area contributed by atoms with Gasteiger partial charge in [-0.3, -0.25) is 19.2 Å². The molecule has 0 amide bonds. The Labute approximate surface area is 139 Å². The Balaban J connectivity index is 5.74. The quantitative estimate of drug-likeness (QED) is 0.378. The molecule has 4 atom stereocenters. The minimum Gasteiger partial charge on any atom is -0.457 e. The molecule has 0 aromatic heterocycles. The highest BCUT2D eigenvalue weighted by molar-refractivity contribution is 5.69. The second-order valence-corrected chi connectivity index (χ2v) is 4.86. The van der Waals surface area contributed by atoms with Gasteiger partial charge in [0.1, 0.15) is 0 Å². The first-order valence-electron chi connectivity index (χ1n) is 7.12. The van der Waals surface area contributed by atoms with Crippen molar-refractivity contribution in [3.63, 3.8) is 0 Å². The summed E-state index contributed by atoms with van der Waals surface area (Å²) < 4.78 is 19.9. The van der Waals surface area contributed by atoms with E-state index in [0.717, 1.165) is 27.7 Å². The lowest BCUT2D eigenvalue weighted by molar-refractivity contribution is -0.200. The summed E-state index contributed by atoms with van der Waals surface area (Å²) in [6, 6.07) is 0. The zero-order valence-corrected chi connectivity index (χ0v) is 14.0. The fourth-order valence-corrected chi connectivity index (χ4v) is 1.98. The van der Waals surface area contributed by atoms with Gasteiger partial charge in [0.25, 0.3) is 0 Å². The zero-order chi connectivity index (χ0) is 18.9. The van der Waals surface area contributed by atoms with Crippen LogP contribution in [-0.2, 0) is 38.1 Å². The summed E-state index contributed by atoms with van der Waals surface area (Å²) in [5, 5.41) is 9.43. The normalized spacial score (nSPS) is 15.4. The van der Waals surface area contributed by atoms with E-state index < -0.39 is 54.9 Å². The molecule has 10 heteroatoms. The molecule has 0 spiro atoms. The molecular weight excluding hydrogens is 326 g/mol. The van der Waals surface area contributed by atoms with E-state index in [9.17, 15) is 24.3 Å². The number of carbonyl (C=O) groups excluding carboxylic acids is 4. The zero-order valence-electron chi connectivity index (χ0n) is 14.0. The van der Waals surface area contributed by atoms with Gasteiger partial charge in [-0.2, -0.15) is 0 Å². The standard InChI is InChI=1S/C14H23NO9/c1-7(17)21-11(5-15)13(23-9(3)19)14(24-10(4)20)12(6-16)22-8(2)18/h11-14,16H,5-6,15H2,1-4H3/t11-,12-,13-,14-/m1/s1. The molecule has 0 aliphatic carbocycles. The van der Waals surface area contributed by atoms with Crippen LogP contribution in [0.25, 0.3) is 0 Å². The van der Waals surface area contributed by atoms with Crippen molar-refractivity contribution in [2.75, 3.05) is 13.2 Å². The average molecular weight is 349 g/mol. The summed E-state index contributed by atoms with van der Waals surface area (Å²) in [7, 11) is 0. The van der Waals surface area contributed by atoms with Crippen LogP contribution in [0.1, 0.15) is 27.7 Å². The van der Waals surface area contributed by atoms with Crippen molar-refractivity contribution in [2.24, 2.45) is 5.73 Å². The van der Waals surface area contributed by atoms with Crippen LogP contribution in [0.4, 0.5) is 0 Å². The minimum atomic E-state index is -1.42. The average Bonchev–Trinajstić information content (AvgIpc) is 2.45. The first-order valence-corrected chi connectivity index (χ1v) is 7.12. The van der Waals surface area contributed by atoms with Crippen LogP contribution in [0.2, 0.25) is 0 Å². The molecule has 0 saturated heterocycles. The van der Waals surface area contributed by atoms with Crippen molar-refractivity contribution in [2.45, 2.75) is 52.1 Å². The fraction of sp³-hybridized carbons (Fsp3) is 0.714. The third-order valence-electron chi connectivity index (χ3n) is 2.71. The van der Waals surface area contributed by atoms with E-state index >= 15 is 0 Å². The maximum absolute atomic E-state index is 11.4. The largest absolute Gasteiger partial charge is 0.457 e. The SMILES string of the molecule is CC(=O)O[C@@H]([C@H](OC(C)=O)[C@@H](CO)OC(C)=O)[C@@H](CN)OC(C)=O. The van der Waals surface area contributed by atoms with Gasteiger partial charge in [0.15, 0.2) is 24.4 Å². The summed E-state index contributed by atoms with van der Waals surface area (Å²) >= 11 is 0. The number of hydrogen-bond donors (Lipinski definition) is 2. The first-order chi connectivity index (χ1) is 11.1. The summed E-state index contributed by atoms with van der Waals surface area (Å²) in [6.07, 6.45) is -5.33. The molecule has 3 N–H and O–H groups in total. The molecule has 0 aromatic rings. The van der Waals surface area contributed by atoms with E-state index in [4.69, 9.17) is 24.7 Å². The van der Waals surface area contributed by atoms with Gasteiger partial charge in [-0.25, -0.2) is 0 Å². The number of rotatable bonds is 9. The molecule has 0 rings (SSSR count). The molecule has 24 heavy (non-hydrogen) atoms. The van der Waals surface area contributed by atoms with Crippen LogP contribution in [0, 0.1) is 0 Å². The predicted molar refractivity (Wildman–Crippen MR) is 78.4 cm³/mol. The lowest BCUT2D eigenvalue weighted by Gasteiger charge is -2.34. The number of carbonyl (C=O) groups is 4. The summed E-state index contributed by atoms with van der Waals surface area (Å²) in [5.41, 5.74) is 5.53. The minimum absolute atomic E-state index is 0.270. The van der Waals surface area contributed by atoms with Crippen molar-refractivity contribution in [1.29, 1.82) is 0 Å². The van der Waals surface area contributed by atoms with E-state index in [1.54, 1.807) is 0 Å². The highest BCUT2D eigenvalue weighted by Crippen LogP contribution is 2.19. The predicted octanol–water partition coefficient (Wildman–Crippen LogP) is -1.34. The van der Waals surface area contributed by atoms with Gasteiger partial charge in [-0.15, -0.1) is 0 Å². The van der Waals surface area contributed by atoms with E-state index in [0.29, 0.717) is 0 Å². The number of hydrogen-bond acceptors (Lipinski definition) is 10. The summed E-state index contributed by atoms with van der Waals surface area (Å²) in [5.74, 6) is -3.04. The number of aliphatic hydroxyl groups excluding tert-OH is 1. The molecule has 10 nitrogen and oxygen atoms in total. The Morgan fingerprint density at radius 2 is 1.08 bits per heavy atom. The van der Waals surface area contributed by atoms with Crippen molar-refractivity contribution >= 4 is 23.9 Å². The van der Waals surface area contributed by atoms with Gasteiger partial charge in [-0.05, 0) is 0 Å². The molecular formula is C14H23NO9. The maximum atomic E-state index is 11.4. The molecule has 0 aliphatic heterocycles. The fourth-order valence-electron chi connectivity index (χ4n) is 1.98. The second-order valence-electron chi connectivity index (χ2n) is 4.86. The Bertz CT molecular complexity index is 423. The highest BCUT2D eigenvalue weighted by atomic mass is 16.6. The first kappa shape index (κ1) is 21.8. The molecule has 0 radical (unpaired) electrons. The molecule has 138 valence electrons. The monoisotopic (exact) mass is 349 g/mol. The lowest BCUT2D eigenvalue weighted by Crippen LogP contribution is -2.54. The van der Waals surface area contributed by atoms with Gasteiger partial charge < -0.3 is 29.8 Å². The number of aliphatic hydroxyl groups is 1. The third-order valence-corrected chi connectivity index (χ3v) is 2.71. The van der Waals surface area contributed by atoms with Crippen molar-refractivity contribution in [3.05, 3.63) is 0 Å². The van der Waals surface area contributed by atoms with Gasteiger partial charge >= 0.3 is 23.9 Å². The molecule has 0 aliphatic rings. The van der Waals surface area contributed by atoms with Gasteiger partial charge in [0.2, 0.25) is 0 Å². The Kier molecular flexibility index (Phi) is 9.58. The van der Waals surface area contributed by atoms with Crippen LogP contribution in [0.3, 0.4) is 0 Å². The highest BCUT2D eigenvalue weighted by Gasteiger charge is 2.42. The van der Waals surface area contributed by atoms with E-state index in [2.05, 4.69) is 0 Å². The number of nitrogens with two attached hydrogens (primary N) is 1. The van der Waals surface area contributed by atoms with E-state index in [-0.39, 0.29) is 6.54 Å². The van der Waals surface area contributed by atoms with Gasteiger partial charge in [-0.1, -0.05) is 0 Å². The van der Waals surface area contributed by atoms with E-state index in [1.807, 2.05) is 0 Å². The Morgan fingerprint density at radius 1 is 0.750 bits per heavy atom. The second kappa shape index (κ2) is 10.6. The van der Waals surface area contributed by atoms with Gasteiger partial charge in [0.05, 0.1) is 6.61 Å².